The van der Waals surface area contributed by atoms with Gasteiger partial charge in [0.05, 0.1) is 26.1 Å². The number of halogens is 1. The van der Waals surface area contributed by atoms with Gasteiger partial charge in [-0.05, 0) is 49.4 Å². The Bertz CT molecular complexity index is 1290. The molecule has 0 unspecified atom stereocenters. The van der Waals surface area contributed by atoms with Gasteiger partial charge in [0.2, 0.25) is 0 Å². The van der Waals surface area contributed by atoms with Gasteiger partial charge in [0.1, 0.15) is 23.1 Å². The van der Waals surface area contributed by atoms with Gasteiger partial charge in [-0.15, -0.1) is 0 Å². The van der Waals surface area contributed by atoms with Crippen molar-refractivity contribution in [2.45, 2.75) is 6.92 Å². The van der Waals surface area contributed by atoms with Crippen LogP contribution in [0.3, 0.4) is 0 Å². The van der Waals surface area contributed by atoms with Gasteiger partial charge in [-0.3, -0.25) is 9.59 Å². The van der Waals surface area contributed by atoms with E-state index in [-0.39, 0.29) is 16.8 Å². The zero-order valence-electron chi connectivity index (χ0n) is 17.4. The number of ether oxygens (including phenoxy) is 2. The maximum absolute atomic E-state index is 12.8. The summed E-state index contributed by atoms with van der Waals surface area (Å²) in [6.45, 7) is 1.48. The minimum absolute atomic E-state index is 0.120. The smallest absolute Gasteiger partial charge is 0.292 e. The minimum atomic E-state index is -0.695. The maximum atomic E-state index is 12.8. The Kier molecular flexibility index (Phi) is 6.87. The third kappa shape index (κ3) is 4.61. The van der Waals surface area contributed by atoms with Gasteiger partial charge in [0.25, 0.3) is 11.5 Å². The Morgan fingerprint density at radius 3 is 2.56 bits per heavy atom. The number of aromatic nitrogens is 2. The van der Waals surface area contributed by atoms with Gasteiger partial charge >= 0.3 is 0 Å². The molecule has 0 spiro atoms. The first kappa shape index (κ1) is 22.5. The van der Waals surface area contributed by atoms with Gasteiger partial charge in [-0.25, -0.2) is 5.43 Å². The van der Waals surface area contributed by atoms with E-state index in [9.17, 15) is 14.9 Å². The molecular weight excluding hydrogens is 434 g/mol. The number of benzene rings is 2. The predicted octanol–water partition coefficient (Wildman–Crippen LogP) is 2.85. The number of amides is 1. The van der Waals surface area contributed by atoms with E-state index < -0.39 is 11.5 Å². The summed E-state index contributed by atoms with van der Waals surface area (Å²) in [6.07, 6.45) is 1.38. The monoisotopic (exact) mass is 451 g/mol. The summed E-state index contributed by atoms with van der Waals surface area (Å²) in [6, 6.07) is 13.2. The molecule has 162 valence electrons. The van der Waals surface area contributed by atoms with Crippen LogP contribution in [0.2, 0.25) is 5.02 Å². The fraction of sp³-hybridized carbons (Fsp3) is 0.136. The highest BCUT2D eigenvalue weighted by Crippen LogP contribution is 2.22. The van der Waals surface area contributed by atoms with E-state index in [1.165, 1.54) is 27.4 Å². The van der Waals surface area contributed by atoms with Crippen LogP contribution in [-0.2, 0) is 0 Å². The van der Waals surface area contributed by atoms with Crippen molar-refractivity contribution in [3.8, 4) is 23.3 Å². The molecule has 0 atom stereocenters. The lowest BCUT2D eigenvalue weighted by Gasteiger charge is -2.11. The van der Waals surface area contributed by atoms with Crippen LogP contribution in [0.4, 0.5) is 0 Å². The molecule has 1 heterocycles. The van der Waals surface area contributed by atoms with Crippen LogP contribution in [0, 0.1) is 18.3 Å². The van der Waals surface area contributed by atoms with E-state index in [1.807, 2.05) is 6.07 Å². The Morgan fingerprint density at radius 2 is 1.94 bits per heavy atom. The lowest BCUT2D eigenvalue weighted by molar-refractivity contribution is 0.0947. The van der Waals surface area contributed by atoms with Crippen molar-refractivity contribution in [1.29, 1.82) is 5.26 Å². The van der Waals surface area contributed by atoms with E-state index in [0.29, 0.717) is 27.8 Å². The third-order valence-electron chi connectivity index (χ3n) is 4.54. The summed E-state index contributed by atoms with van der Waals surface area (Å²) in [4.78, 5) is 25.4. The first-order valence-corrected chi connectivity index (χ1v) is 9.62. The average Bonchev–Trinajstić information content (AvgIpc) is 2.80. The highest BCUT2D eigenvalue weighted by atomic mass is 35.5. The molecular formula is C22H18ClN5O4. The summed E-state index contributed by atoms with van der Waals surface area (Å²) in [5.74, 6) is 0.422. The zero-order valence-corrected chi connectivity index (χ0v) is 18.2. The molecule has 0 radical (unpaired) electrons. The number of nitrogens with zero attached hydrogens (tertiary/aromatic N) is 4. The van der Waals surface area contributed by atoms with E-state index in [4.69, 9.17) is 21.1 Å². The number of carbonyl (C=O) groups excluding carboxylic acids is 1. The first-order valence-electron chi connectivity index (χ1n) is 9.25. The topological polar surface area (TPSA) is 119 Å². The van der Waals surface area contributed by atoms with Gasteiger partial charge < -0.3 is 9.47 Å². The summed E-state index contributed by atoms with van der Waals surface area (Å²) < 4.78 is 11.4. The Morgan fingerprint density at radius 1 is 1.22 bits per heavy atom. The second-order valence-corrected chi connectivity index (χ2v) is 6.90. The van der Waals surface area contributed by atoms with Gasteiger partial charge in [0, 0.05) is 16.1 Å². The molecule has 10 heteroatoms. The SMILES string of the molecule is COc1ccc(OC)c(/C=N/NC(=O)c2nn(-c3ccc(Cl)cc3)c(=O)c(C#N)c2C)c1. The van der Waals surface area contributed by atoms with Crippen molar-refractivity contribution in [1.82, 2.24) is 15.2 Å². The molecule has 1 N–H and O–H groups in total. The van der Waals surface area contributed by atoms with Crippen LogP contribution in [0.25, 0.3) is 5.69 Å². The number of methoxy groups -OCH3 is 2. The largest absolute Gasteiger partial charge is 0.497 e. The predicted molar refractivity (Wildman–Crippen MR) is 119 cm³/mol. The van der Waals surface area contributed by atoms with E-state index in [2.05, 4.69) is 15.6 Å². The highest BCUT2D eigenvalue weighted by Gasteiger charge is 2.20. The molecule has 1 aromatic heterocycles. The number of hydrazone groups is 1. The third-order valence-corrected chi connectivity index (χ3v) is 4.79. The van der Waals surface area contributed by atoms with E-state index >= 15 is 0 Å². The van der Waals surface area contributed by atoms with Crippen LogP contribution >= 0.6 is 11.6 Å². The van der Waals surface area contributed by atoms with Gasteiger partial charge in [-0.2, -0.15) is 20.1 Å². The summed E-state index contributed by atoms with van der Waals surface area (Å²) in [7, 11) is 3.04. The zero-order chi connectivity index (χ0) is 23.3. The molecule has 0 aliphatic carbocycles. The molecule has 1 amide bonds. The second kappa shape index (κ2) is 9.76. The second-order valence-electron chi connectivity index (χ2n) is 6.46. The fourth-order valence-electron chi connectivity index (χ4n) is 2.86. The Hall–Kier alpha value is -4.16. The van der Waals surface area contributed by atoms with Crippen LogP contribution in [0.15, 0.2) is 52.4 Å². The lowest BCUT2D eigenvalue weighted by Crippen LogP contribution is -2.31. The molecule has 0 aliphatic heterocycles. The fourth-order valence-corrected chi connectivity index (χ4v) is 2.99. The number of hydrogen-bond donors (Lipinski definition) is 1. The van der Waals surface area contributed by atoms with Crippen molar-refractivity contribution < 1.29 is 14.3 Å². The molecule has 0 saturated carbocycles. The molecule has 0 aliphatic rings. The molecule has 3 aromatic rings. The van der Waals surface area contributed by atoms with Crippen molar-refractivity contribution in [2.75, 3.05) is 14.2 Å². The molecule has 2 aromatic carbocycles. The Balaban J connectivity index is 1.96. The molecule has 0 fully saturated rings. The average molecular weight is 452 g/mol. The number of nitriles is 1. The minimum Gasteiger partial charge on any atom is -0.497 e. The van der Waals surface area contributed by atoms with Crippen LogP contribution in [0.1, 0.15) is 27.2 Å². The number of carbonyl (C=O) groups is 1. The van der Waals surface area contributed by atoms with Crippen molar-refractivity contribution in [3.63, 3.8) is 0 Å². The normalized spacial score (nSPS) is 10.6. The number of hydrogen-bond acceptors (Lipinski definition) is 7. The number of nitrogens with one attached hydrogen (secondary N) is 1. The summed E-state index contributed by atoms with van der Waals surface area (Å²) in [5.41, 5.74) is 2.47. The van der Waals surface area contributed by atoms with Crippen LogP contribution in [0.5, 0.6) is 11.5 Å². The molecule has 0 bridgehead atoms. The quantitative estimate of drug-likeness (QED) is 0.454. The van der Waals surface area contributed by atoms with E-state index in [1.54, 1.807) is 42.5 Å². The Labute approximate surface area is 188 Å². The van der Waals surface area contributed by atoms with Gasteiger partial charge in [-0.1, -0.05) is 11.6 Å². The standard InChI is InChI=1S/C22H18ClN5O4/c1-13-18(11-24)22(30)28(16-6-4-15(23)5-7-16)27-20(13)21(29)26-25-12-14-10-17(31-2)8-9-19(14)32-3/h4-10,12H,1-3H3,(H,26,29)/b25-12+. The highest BCUT2D eigenvalue weighted by molar-refractivity contribution is 6.30. The molecule has 9 nitrogen and oxygen atoms in total. The molecule has 3 rings (SSSR count). The summed E-state index contributed by atoms with van der Waals surface area (Å²) in [5, 5.41) is 18.0. The number of rotatable bonds is 6. The van der Waals surface area contributed by atoms with Crippen molar-refractivity contribution in [2.24, 2.45) is 5.10 Å². The maximum Gasteiger partial charge on any atom is 0.292 e. The van der Waals surface area contributed by atoms with Gasteiger partial charge in [0.15, 0.2) is 5.69 Å². The molecule has 32 heavy (non-hydrogen) atoms. The summed E-state index contributed by atoms with van der Waals surface area (Å²) >= 11 is 5.90. The lowest BCUT2D eigenvalue weighted by atomic mass is 10.1. The van der Waals surface area contributed by atoms with Crippen molar-refractivity contribution >= 4 is 23.7 Å². The van der Waals surface area contributed by atoms with Crippen LogP contribution < -0.4 is 20.5 Å². The van der Waals surface area contributed by atoms with Crippen LogP contribution in [-0.4, -0.2) is 36.1 Å². The van der Waals surface area contributed by atoms with Crippen molar-refractivity contribution in [3.05, 3.63) is 80.2 Å². The molecule has 0 saturated heterocycles. The van der Waals surface area contributed by atoms with E-state index in [0.717, 1.165) is 4.68 Å². The first-order chi connectivity index (χ1) is 15.4.